The molecule has 26 heavy (non-hydrogen) atoms. The molecule has 0 radical (unpaired) electrons. The molecule has 1 unspecified atom stereocenters. The number of aryl methyl sites for hydroxylation is 1. The number of benzene rings is 2. The first-order valence-corrected chi connectivity index (χ1v) is 10.1. The highest BCUT2D eigenvalue weighted by Crippen LogP contribution is 2.45. The SMILES string of the molecule is Cc1ccc(S(=O)(=O)N2c3ccccc3C(=O)C(Cl)(Cl)C2N(C)C)cc1. The summed E-state index contributed by atoms with van der Waals surface area (Å²) in [7, 11) is -0.754. The number of carbonyl (C=O) groups is 1. The van der Waals surface area contributed by atoms with E-state index in [-0.39, 0.29) is 16.1 Å². The molecule has 0 aliphatic carbocycles. The second-order valence-corrected chi connectivity index (χ2v) is 9.62. The Morgan fingerprint density at radius 2 is 1.62 bits per heavy atom. The van der Waals surface area contributed by atoms with E-state index in [4.69, 9.17) is 23.2 Å². The Hall–Kier alpha value is -1.60. The molecular formula is C18H18Cl2N2O3S. The maximum atomic E-state index is 13.4. The van der Waals surface area contributed by atoms with E-state index in [0.717, 1.165) is 9.87 Å². The van der Waals surface area contributed by atoms with Crippen molar-refractivity contribution in [3.05, 3.63) is 59.7 Å². The first-order valence-electron chi connectivity index (χ1n) is 7.87. The number of rotatable bonds is 3. The van der Waals surface area contributed by atoms with Crippen LogP contribution in [0.5, 0.6) is 0 Å². The number of Topliss-reactive ketones (excluding diaryl/α,β-unsaturated/α-hetero) is 1. The third kappa shape index (κ3) is 2.91. The smallest absolute Gasteiger partial charge is 0.265 e. The van der Waals surface area contributed by atoms with Crippen molar-refractivity contribution in [2.75, 3.05) is 18.4 Å². The van der Waals surface area contributed by atoms with Gasteiger partial charge in [-0.3, -0.25) is 9.69 Å². The van der Waals surface area contributed by atoms with Gasteiger partial charge in [-0.2, -0.15) is 0 Å². The Morgan fingerprint density at radius 3 is 2.19 bits per heavy atom. The van der Waals surface area contributed by atoms with Gasteiger partial charge in [-0.05, 0) is 45.3 Å². The van der Waals surface area contributed by atoms with Crippen LogP contribution in [0.2, 0.25) is 0 Å². The number of fused-ring (bicyclic) bond motifs is 1. The van der Waals surface area contributed by atoms with Crippen molar-refractivity contribution in [3.8, 4) is 0 Å². The van der Waals surface area contributed by atoms with Crippen LogP contribution in [0.1, 0.15) is 15.9 Å². The second-order valence-electron chi connectivity index (χ2n) is 6.42. The zero-order chi connectivity index (χ0) is 19.3. The topological polar surface area (TPSA) is 57.7 Å². The van der Waals surface area contributed by atoms with E-state index in [2.05, 4.69) is 0 Å². The fourth-order valence-electron chi connectivity index (χ4n) is 3.05. The Bertz CT molecular complexity index is 957. The monoisotopic (exact) mass is 412 g/mol. The molecule has 1 heterocycles. The van der Waals surface area contributed by atoms with E-state index in [9.17, 15) is 13.2 Å². The number of para-hydroxylation sites is 1. The first kappa shape index (κ1) is 19.2. The largest absolute Gasteiger partial charge is 0.291 e. The van der Waals surface area contributed by atoms with Gasteiger partial charge in [0.15, 0.2) is 0 Å². The van der Waals surface area contributed by atoms with Crippen molar-refractivity contribution >= 4 is 44.7 Å². The maximum absolute atomic E-state index is 13.4. The van der Waals surface area contributed by atoms with Crippen LogP contribution in [0.4, 0.5) is 5.69 Å². The van der Waals surface area contributed by atoms with Crippen molar-refractivity contribution in [2.45, 2.75) is 22.3 Å². The van der Waals surface area contributed by atoms with Gasteiger partial charge < -0.3 is 0 Å². The minimum atomic E-state index is -4.01. The van der Waals surface area contributed by atoms with Crippen molar-refractivity contribution in [2.24, 2.45) is 0 Å². The molecule has 1 aliphatic rings. The van der Waals surface area contributed by atoms with Gasteiger partial charge in [0.1, 0.15) is 6.17 Å². The summed E-state index contributed by atoms with van der Waals surface area (Å²) in [6, 6.07) is 12.9. The molecule has 0 amide bonds. The quantitative estimate of drug-likeness (QED) is 0.724. The lowest BCUT2D eigenvalue weighted by Crippen LogP contribution is -2.62. The van der Waals surface area contributed by atoms with Crippen LogP contribution in [0.25, 0.3) is 0 Å². The minimum Gasteiger partial charge on any atom is -0.291 e. The van der Waals surface area contributed by atoms with E-state index in [1.54, 1.807) is 44.4 Å². The lowest BCUT2D eigenvalue weighted by molar-refractivity contribution is 0.0921. The highest BCUT2D eigenvalue weighted by Gasteiger charge is 2.55. The Morgan fingerprint density at radius 1 is 1.04 bits per heavy atom. The number of carbonyl (C=O) groups excluding carboxylic acids is 1. The molecule has 0 fully saturated rings. The molecule has 138 valence electrons. The molecular weight excluding hydrogens is 395 g/mol. The molecule has 0 spiro atoms. The van der Waals surface area contributed by atoms with E-state index < -0.39 is 26.3 Å². The zero-order valence-electron chi connectivity index (χ0n) is 14.5. The number of anilines is 1. The summed E-state index contributed by atoms with van der Waals surface area (Å²) < 4.78 is 26.1. The molecule has 0 saturated carbocycles. The summed E-state index contributed by atoms with van der Waals surface area (Å²) in [6.07, 6.45) is -1.10. The molecule has 2 aromatic rings. The fourth-order valence-corrected chi connectivity index (χ4v) is 5.69. The third-order valence-corrected chi connectivity index (χ3v) is 6.82. The Kier molecular flexibility index (Phi) is 4.82. The summed E-state index contributed by atoms with van der Waals surface area (Å²) in [6.45, 7) is 1.87. The normalized spacial score (nSPS) is 19.5. The number of halogens is 2. The molecule has 0 saturated heterocycles. The standard InChI is InChI=1S/C18H18Cl2N2O3S/c1-12-8-10-13(11-9-12)26(24,25)22-15-7-5-4-6-14(15)16(23)18(19,20)17(22)21(2)3/h4-11,17H,1-3H3. The predicted molar refractivity (Wildman–Crippen MR) is 104 cm³/mol. The molecule has 8 heteroatoms. The number of ketones is 1. The molecule has 0 aromatic heterocycles. The highest BCUT2D eigenvalue weighted by atomic mass is 35.5. The maximum Gasteiger partial charge on any atom is 0.265 e. The third-order valence-electron chi connectivity index (χ3n) is 4.30. The first-order chi connectivity index (χ1) is 12.1. The van der Waals surface area contributed by atoms with E-state index >= 15 is 0 Å². The fraction of sp³-hybridized carbons (Fsp3) is 0.278. The number of alkyl halides is 2. The van der Waals surface area contributed by atoms with E-state index in [1.807, 2.05) is 6.92 Å². The molecule has 2 aromatic carbocycles. The van der Waals surface area contributed by atoms with Crippen LogP contribution in [-0.2, 0) is 10.0 Å². The Balaban J connectivity index is 2.30. The summed E-state index contributed by atoms with van der Waals surface area (Å²) in [5.41, 5.74) is 1.37. The van der Waals surface area contributed by atoms with Gasteiger partial charge in [0.05, 0.1) is 10.6 Å². The van der Waals surface area contributed by atoms with Crippen LogP contribution in [0, 0.1) is 6.92 Å². The van der Waals surface area contributed by atoms with Crippen molar-refractivity contribution in [1.29, 1.82) is 0 Å². The summed E-state index contributed by atoms with van der Waals surface area (Å²) in [5.74, 6) is -0.523. The number of nitrogens with zero attached hydrogens (tertiary/aromatic N) is 2. The van der Waals surface area contributed by atoms with Gasteiger partial charge in [0, 0.05) is 5.56 Å². The van der Waals surface area contributed by atoms with Crippen LogP contribution in [0.15, 0.2) is 53.4 Å². The zero-order valence-corrected chi connectivity index (χ0v) is 16.8. The predicted octanol–water partition coefficient (Wildman–Crippen LogP) is 3.45. The van der Waals surface area contributed by atoms with Gasteiger partial charge in [-0.25, -0.2) is 12.7 Å². The van der Waals surface area contributed by atoms with E-state index in [1.165, 1.54) is 23.1 Å². The molecule has 0 bridgehead atoms. The summed E-state index contributed by atoms with van der Waals surface area (Å²) in [5, 5.41) is 0. The summed E-state index contributed by atoms with van der Waals surface area (Å²) >= 11 is 12.8. The average Bonchev–Trinajstić information content (AvgIpc) is 2.57. The van der Waals surface area contributed by atoms with Crippen molar-refractivity contribution < 1.29 is 13.2 Å². The van der Waals surface area contributed by atoms with Crippen LogP contribution >= 0.6 is 23.2 Å². The van der Waals surface area contributed by atoms with Gasteiger partial charge >= 0.3 is 0 Å². The van der Waals surface area contributed by atoms with E-state index in [0.29, 0.717) is 0 Å². The van der Waals surface area contributed by atoms with Crippen molar-refractivity contribution in [1.82, 2.24) is 4.90 Å². The number of hydrogen-bond acceptors (Lipinski definition) is 4. The molecule has 1 aliphatic heterocycles. The Labute approximate surface area is 163 Å². The second kappa shape index (κ2) is 6.53. The lowest BCUT2D eigenvalue weighted by Gasteiger charge is -2.45. The molecule has 1 atom stereocenters. The molecule has 5 nitrogen and oxygen atoms in total. The lowest BCUT2D eigenvalue weighted by atomic mass is 9.98. The summed E-state index contributed by atoms with van der Waals surface area (Å²) in [4.78, 5) is 14.4. The van der Waals surface area contributed by atoms with Gasteiger partial charge in [0.2, 0.25) is 10.1 Å². The number of sulfonamides is 1. The van der Waals surface area contributed by atoms with Crippen LogP contribution in [-0.4, -0.2) is 43.7 Å². The average molecular weight is 413 g/mol. The molecule has 3 rings (SSSR count). The van der Waals surface area contributed by atoms with Gasteiger partial charge in [-0.15, -0.1) is 0 Å². The van der Waals surface area contributed by atoms with Gasteiger partial charge in [-0.1, -0.05) is 53.0 Å². The minimum absolute atomic E-state index is 0.100. The molecule has 0 N–H and O–H groups in total. The highest BCUT2D eigenvalue weighted by molar-refractivity contribution is 7.92. The van der Waals surface area contributed by atoms with Crippen LogP contribution < -0.4 is 4.31 Å². The van der Waals surface area contributed by atoms with Crippen LogP contribution in [0.3, 0.4) is 0 Å². The number of hydrogen-bond donors (Lipinski definition) is 0. The van der Waals surface area contributed by atoms with Gasteiger partial charge in [0.25, 0.3) is 10.0 Å². The van der Waals surface area contributed by atoms with Crippen molar-refractivity contribution in [3.63, 3.8) is 0 Å².